The van der Waals surface area contributed by atoms with Crippen molar-refractivity contribution in [3.05, 3.63) is 17.5 Å². The summed E-state index contributed by atoms with van der Waals surface area (Å²) in [5.74, 6) is -1.24. The number of unbranched alkanes of at least 4 members (excludes halogenated alkanes) is 2. The highest BCUT2D eigenvalue weighted by Gasteiger charge is 2.36. The van der Waals surface area contributed by atoms with Crippen LogP contribution in [0.2, 0.25) is 0 Å². The van der Waals surface area contributed by atoms with Gasteiger partial charge < -0.3 is 19.5 Å². The van der Waals surface area contributed by atoms with Crippen LogP contribution in [-0.4, -0.2) is 53.6 Å². The van der Waals surface area contributed by atoms with Crippen molar-refractivity contribution < 1.29 is 23.6 Å². The minimum absolute atomic E-state index is 0.0588. The molecule has 0 saturated carbocycles. The van der Waals surface area contributed by atoms with E-state index in [1.54, 1.807) is 6.92 Å². The monoisotopic (exact) mass is 337 g/mol. The average molecular weight is 337 g/mol. The predicted molar refractivity (Wildman–Crippen MR) is 84.2 cm³/mol. The molecule has 8 heteroatoms. The third kappa shape index (κ3) is 4.56. The minimum Gasteiger partial charge on any atom is -0.466 e. The zero-order valence-electron chi connectivity index (χ0n) is 14.0. The molecule has 0 radical (unpaired) electrons. The van der Waals surface area contributed by atoms with Gasteiger partial charge in [0.1, 0.15) is 6.04 Å². The number of carbonyl (C=O) groups is 3. The van der Waals surface area contributed by atoms with Crippen LogP contribution in [0.4, 0.5) is 0 Å². The van der Waals surface area contributed by atoms with Gasteiger partial charge in [-0.05, 0) is 13.3 Å². The van der Waals surface area contributed by atoms with Crippen LogP contribution in [0.25, 0.3) is 0 Å². The standard InChI is InChI=1S/C16H23N3O5/c1-3-4-5-8-23-14(20)10-12-15(21)17-6-7-19(12)16(22)13-9-11(2)18-24-13/h9,12H,3-8,10H2,1-2H3,(H,17,21). The van der Waals surface area contributed by atoms with Crippen molar-refractivity contribution in [3.63, 3.8) is 0 Å². The van der Waals surface area contributed by atoms with Gasteiger partial charge in [0.05, 0.1) is 18.7 Å². The third-order valence-corrected chi connectivity index (χ3v) is 3.80. The van der Waals surface area contributed by atoms with Crippen molar-refractivity contribution in [2.45, 2.75) is 45.6 Å². The molecule has 2 heterocycles. The number of rotatable bonds is 7. The number of ether oxygens (including phenoxy) is 1. The molecular formula is C16H23N3O5. The van der Waals surface area contributed by atoms with Crippen LogP contribution in [0.3, 0.4) is 0 Å². The Labute approximate surface area is 140 Å². The maximum atomic E-state index is 12.5. The molecule has 1 unspecified atom stereocenters. The molecule has 1 aromatic rings. The Morgan fingerprint density at radius 1 is 1.46 bits per heavy atom. The second-order valence-corrected chi connectivity index (χ2v) is 5.77. The molecule has 1 atom stereocenters. The Kier molecular flexibility index (Phi) is 6.34. The lowest BCUT2D eigenvalue weighted by Crippen LogP contribution is -2.57. The molecule has 2 amide bonds. The number of aromatic nitrogens is 1. The smallest absolute Gasteiger partial charge is 0.308 e. The molecule has 132 valence electrons. The van der Waals surface area contributed by atoms with Crippen molar-refractivity contribution in [1.29, 1.82) is 0 Å². The van der Waals surface area contributed by atoms with Crippen molar-refractivity contribution in [2.24, 2.45) is 0 Å². The van der Waals surface area contributed by atoms with Gasteiger partial charge in [-0.2, -0.15) is 0 Å². The van der Waals surface area contributed by atoms with Gasteiger partial charge >= 0.3 is 5.97 Å². The van der Waals surface area contributed by atoms with E-state index in [4.69, 9.17) is 9.26 Å². The van der Waals surface area contributed by atoms with E-state index in [0.717, 1.165) is 19.3 Å². The maximum Gasteiger partial charge on any atom is 0.308 e. The molecule has 1 aliphatic heterocycles. The van der Waals surface area contributed by atoms with Gasteiger partial charge in [-0.25, -0.2) is 0 Å². The number of aryl methyl sites for hydroxylation is 1. The SMILES string of the molecule is CCCCCOC(=O)CC1C(=O)NCCN1C(=O)c1cc(C)no1. The minimum atomic E-state index is -0.893. The summed E-state index contributed by atoms with van der Waals surface area (Å²) in [6, 6.07) is 0.616. The van der Waals surface area contributed by atoms with Gasteiger partial charge in [0.15, 0.2) is 0 Å². The number of nitrogens with zero attached hydrogens (tertiary/aromatic N) is 2. The maximum absolute atomic E-state index is 12.5. The molecule has 8 nitrogen and oxygen atoms in total. The van der Waals surface area contributed by atoms with Crippen LogP contribution < -0.4 is 5.32 Å². The first-order chi connectivity index (χ1) is 11.5. The second kappa shape index (κ2) is 8.47. The highest BCUT2D eigenvalue weighted by atomic mass is 16.5. The number of hydrogen-bond acceptors (Lipinski definition) is 6. The van der Waals surface area contributed by atoms with Crippen molar-refractivity contribution in [2.75, 3.05) is 19.7 Å². The Morgan fingerprint density at radius 2 is 2.25 bits per heavy atom. The number of carbonyl (C=O) groups excluding carboxylic acids is 3. The molecule has 0 aliphatic carbocycles. The normalized spacial score (nSPS) is 17.5. The molecule has 1 saturated heterocycles. The number of nitrogens with one attached hydrogen (secondary N) is 1. The summed E-state index contributed by atoms with van der Waals surface area (Å²) in [7, 11) is 0. The van der Waals surface area contributed by atoms with Gasteiger partial charge in [0, 0.05) is 19.2 Å². The lowest BCUT2D eigenvalue weighted by Gasteiger charge is -2.33. The van der Waals surface area contributed by atoms with Crippen LogP contribution in [0.1, 0.15) is 48.9 Å². The lowest BCUT2D eigenvalue weighted by molar-refractivity contribution is -0.147. The first-order valence-electron chi connectivity index (χ1n) is 8.20. The Hall–Kier alpha value is -2.38. The van der Waals surface area contributed by atoms with E-state index in [1.165, 1.54) is 11.0 Å². The van der Waals surface area contributed by atoms with E-state index < -0.39 is 17.9 Å². The molecule has 0 bridgehead atoms. The van der Waals surface area contributed by atoms with E-state index in [9.17, 15) is 14.4 Å². The fourth-order valence-electron chi connectivity index (χ4n) is 2.52. The number of esters is 1. The van der Waals surface area contributed by atoms with Gasteiger partial charge in [-0.1, -0.05) is 24.9 Å². The van der Waals surface area contributed by atoms with E-state index in [0.29, 0.717) is 25.4 Å². The van der Waals surface area contributed by atoms with Crippen LogP contribution in [0.5, 0.6) is 0 Å². The summed E-state index contributed by atoms with van der Waals surface area (Å²) in [5, 5.41) is 6.35. The molecule has 24 heavy (non-hydrogen) atoms. The van der Waals surface area contributed by atoms with E-state index >= 15 is 0 Å². The zero-order chi connectivity index (χ0) is 17.5. The molecular weight excluding hydrogens is 314 g/mol. The van der Waals surface area contributed by atoms with Gasteiger partial charge in [0.2, 0.25) is 11.7 Å². The first kappa shape index (κ1) is 18.0. The third-order valence-electron chi connectivity index (χ3n) is 3.80. The van der Waals surface area contributed by atoms with Gasteiger partial charge in [-0.15, -0.1) is 0 Å². The molecule has 0 spiro atoms. The van der Waals surface area contributed by atoms with Gasteiger partial charge in [0.25, 0.3) is 5.91 Å². The zero-order valence-corrected chi connectivity index (χ0v) is 14.0. The van der Waals surface area contributed by atoms with E-state index in [2.05, 4.69) is 17.4 Å². The van der Waals surface area contributed by atoms with Gasteiger partial charge in [-0.3, -0.25) is 14.4 Å². The summed E-state index contributed by atoms with van der Waals surface area (Å²) in [4.78, 5) is 37.9. The Bertz CT molecular complexity index is 598. The number of piperazine rings is 1. The quantitative estimate of drug-likeness (QED) is 0.589. The topological polar surface area (TPSA) is 102 Å². The molecule has 0 aromatic carbocycles. The van der Waals surface area contributed by atoms with Crippen LogP contribution in [-0.2, 0) is 14.3 Å². The summed E-state index contributed by atoms with van der Waals surface area (Å²) >= 11 is 0. The molecule has 2 rings (SSSR count). The van der Waals surface area contributed by atoms with E-state index in [1.807, 2.05) is 0 Å². The Morgan fingerprint density at radius 3 is 2.92 bits per heavy atom. The molecule has 1 aliphatic rings. The fourth-order valence-corrected chi connectivity index (χ4v) is 2.52. The largest absolute Gasteiger partial charge is 0.466 e. The van der Waals surface area contributed by atoms with Crippen LogP contribution in [0.15, 0.2) is 10.6 Å². The number of amides is 2. The first-order valence-corrected chi connectivity index (χ1v) is 8.20. The summed E-state index contributed by atoms with van der Waals surface area (Å²) in [5.41, 5.74) is 0.576. The lowest BCUT2D eigenvalue weighted by atomic mass is 10.1. The Balaban J connectivity index is 1.99. The van der Waals surface area contributed by atoms with Crippen LogP contribution in [0, 0.1) is 6.92 Å². The van der Waals surface area contributed by atoms with Crippen molar-refractivity contribution >= 4 is 17.8 Å². The van der Waals surface area contributed by atoms with Crippen LogP contribution >= 0.6 is 0 Å². The summed E-state index contributed by atoms with van der Waals surface area (Å²) in [6.45, 7) is 4.73. The molecule has 1 N–H and O–H groups in total. The summed E-state index contributed by atoms with van der Waals surface area (Å²) in [6.07, 6.45) is 2.63. The molecule has 1 aromatic heterocycles. The second-order valence-electron chi connectivity index (χ2n) is 5.77. The number of hydrogen-bond donors (Lipinski definition) is 1. The highest BCUT2D eigenvalue weighted by molar-refractivity contribution is 5.97. The highest BCUT2D eigenvalue weighted by Crippen LogP contribution is 2.15. The van der Waals surface area contributed by atoms with Crippen molar-refractivity contribution in [1.82, 2.24) is 15.4 Å². The average Bonchev–Trinajstić information content (AvgIpc) is 2.99. The fraction of sp³-hybridized carbons (Fsp3) is 0.625. The summed E-state index contributed by atoms with van der Waals surface area (Å²) < 4.78 is 10.1. The predicted octanol–water partition coefficient (Wildman–Crippen LogP) is 1.05. The van der Waals surface area contributed by atoms with Crippen molar-refractivity contribution in [3.8, 4) is 0 Å². The van der Waals surface area contributed by atoms with E-state index in [-0.39, 0.29) is 18.1 Å². The molecule has 1 fully saturated rings.